The highest BCUT2D eigenvalue weighted by Gasteiger charge is 2.18. The van der Waals surface area contributed by atoms with Crippen molar-refractivity contribution in [1.82, 2.24) is 9.97 Å². The number of nitrogens with one attached hydrogen (secondary N) is 1. The lowest BCUT2D eigenvalue weighted by Gasteiger charge is -2.27. The Hall–Kier alpha value is -2.80. The van der Waals surface area contributed by atoms with Gasteiger partial charge in [0, 0.05) is 24.2 Å². The molecule has 1 fully saturated rings. The van der Waals surface area contributed by atoms with Crippen molar-refractivity contribution in [2.45, 2.75) is 20.8 Å². The van der Waals surface area contributed by atoms with Gasteiger partial charge in [-0.3, -0.25) is 9.59 Å². The van der Waals surface area contributed by atoms with Gasteiger partial charge in [-0.2, -0.15) is 0 Å². The van der Waals surface area contributed by atoms with E-state index in [0.29, 0.717) is 47.4 Å². The number of benzene rings is 1. The fourth-order valence-electron chi connectivity index (χ4n) is 2.83. The molecule has 136 valence electrons. The molecule has 1 aliphatic heterocycles. The standard InChI is InChI=1S/C19H22N4O3/c1-12-17(13(2)21-19(20-12)23-8-10-26-11-9-23)22-18(25)16-6-4-15(5-7-16)14(3)24/h4-7H,8-11H2,1-3H3,(H,22,25). The van der Waals surface area contributed by atoms with Crippen molar-refractivity contribution in [2.24, 2.45) is 0 Å². The van der Waals surface area contributed by atoms with Gasteiger partial charge in [-0.05, 0) is 32.9 Å². The first-order valence-corrected chi connectivity index (χ1v) is 8.56. The zero-order valence-corrected chi connectivity index (χ0v) is 15.2. The summed E-state index contributed by atoms with van der Waals surface area (Å²) in [5.74, 6) is 0.372. The minimum Gasteiger partial charge on any atom is -0.378 e. The van der Waals surface area contributed by atoms with Crippen LogP contribution in [0, 0.1) is 13.8 Å². The lowest BCUT2D eigenvalue weighted by molar-refractivity contribution is 0.100. The van der Waals surface area contributed by atoms with Gasteiger partial charge in [0.2, 0.25) is 5.95 Å². The molecular weight excluding hydrogens is 332 g/mol. The molecule has 3 rings (SSSR count). The Morgan fingerprint density at radius 1 is 1.00 bits per heavy atom. The van der Waals surface area contributed by atoms with E-state index in [-0.39, 0.29) is 11.7 Å². The third-order valence-corrected chi connectivity index (χ3v) is 4.35. The lowest BCUT2D eigenvalue weighted by atomic mass is 10.1. The zero-order valence-electron chi connectivity index (χ0n) is 15.2. The normalized spacial score (nSPS) is 14.2. The fraction of sp³-hybridized carbons (Fsp3) is 0.368. The third kappa shape index (κ3) is 3.88. The molecule has 2 heterocycles. The summed E-state index contributed by atoms with van der Waals surface area (Å²) >= 11 is 0. The summed E-state index contributed by atoms with van der Waals surface area (Å²) < 4.78 is 5.35. The number of anilines is 2. The highest BCUT2D eigenvalue weighted by Crippen LogP contribution is 2.22. The minimum atomic E-state index is -0.256. The van der Waals surface area contributed by atoms with Gasteiger partial charge < -0.3 is 15.0 Å². The number of rotatable bonds is 4. The van der Waals surface area contributed by atoms with Crippen molar-refractivity contribution in [3.63, 3.8) is 0 Å². The maximum atomic E-state index is 12.5. The number of aromatic nitrogens is 2. The number of morpholine rings is 1. The van der Waals surface area contributed by atoms with Crippen LogP contribution in [-0.2, 0) is 4.74 Å². The van der Waals surface area contributed by atoms with Gasteiger partial charge in [-0.25, -0.2) is 9.97 Å². The summed E-state index contributed by atoms with van der Waals surface area (Å²) in [6.45, 7) is 8.04. The van der Waals surface area contributed by atoms with Crippen LogP contribution >= 0.6 is 0 Å². The molecule has 1 amide bonds. The molecule has 1 saturated heterocycles. The first-order valence-electron chi connectivity index (χ1n) is 8.56. The van der Waals surface area contributed by atoms with E-state index in [4.69, 9.17) is 4.74 Å². The number of carbonyl (C=O) groups is 2. The number of nitrogens with zero attached hydrogens (tertiary/aromatic N) is 3. The number of amides is 1. The Kier molecular flexibility index (Phi) is 5.27. The zero-order chi connectivity index (χ0) is 18.7. The second-order valence-electron chi connectivity index (χ2n) is 6.26. The van der Waals surface area contributed by atoms with E-state index >= 15 is 0 Å². The summed E-state index contributed by atoms with van der Waals surface area (Å²) in [5.41, 5.74) is 3.10. The van der Waals surface area contributed by atoms with Crippen LogP contribution in [0.4, 0.5) is 11.6 Å². The third-order valence-electron chi connectivity index (χ3n) is 4.35. The van der Waals surface area contributed by atoms with Crippen LogP contribution in [0.25, 0.3) is 0 Å². The quantitative estimate of drug-likeness (QED) is 0.849. The molecule has 26 heavy (non-hydrogen) atoms. The predicted octanol–water partition coefficient (Wildman–Crippen LogP) is 2.38. The summed E-state index contributed by atoms with van der Waals surface area (Å²) in [5, 5.41) is 2.88. The van der Waals surface area contributed by atoms with Crippen LogP contribution in [0.2, 0.25) is 0 Å². The molecule has 1 aliphatic rings. The average Bonchev–Trinajstić information content (AvgIpc) is 2.65. The first-order chi connectivity index (χ1) is 12.5. The van der Waals surface area contributed by atoms with Gasteiger partial charge in [0.1, 0.15) is 0 Å². The highest BCUT2D eigenvalue weighted by atomic mass is 16.5. The molecule has 1 aromatic carbocycles. The summed E-state index contributed by atoms with van der Waals surface area (Å²) in [6, 6.07) is 6.57. The number of hydrogen-bond donors (Lipinski definition) is 1. The van der Waals surface area contributed by atoms with E-state index in [0.717, 1.165) is 13.1 Å². The molecular formula is C19H22N4O3. The second-order valence-corrected chi connectivity index (χ2v) is 6.26. The SMILES string of the molecule is CC(=O)c1ccc(C(=O)Nc2c(C)nc(N3CCOCC3)nc2C)cc1. The molecule has 1 N–H and O–H groups in total. The first kappa shape index (κ1) is 18.0. The van der Waals surface area contributed by atoms with Crippen LogP contribution in [0.3, 0.4) is 0 Å². The molecule has 2 aromatic rings. The van der Waals surface area contributed by atoms with Gasteiger partial charge in [-0.1, -0.05) is 12.1 Å². The van der Waals surface area contributed by atoms with Crippen LogP contribution in [0.5, 0.6) is 0 Å². The van der Waals surface area contributed by atoms with Gasteiger partial charge in [0.05, 0.1) is 30.3 Å². The smallest absolute Gasteiger partial charge is 0.255 e. The van der Waals surface area contributed by atoms with Gasteiger partial charge >= 0.3 is 0 Å². The van der Waals surface area contributed by atoms with E-state index in [1.54, 1.807) is 24.3 Å². The maximum absolute atomic E-state index is 12.5. The molecule has 0 unspecified atom stereocenters. The molecule has 7 nitrogen and oxygen atoms in total. The van der Waals surface area contributed by atoms with Crippen molar-refractivity contribution < 1.29 is 14.3 Å². The number of Topliss-reactive ketones (excluding diaryl/α,β-unsaturated/α-hetero) is 1. The van der Waals surface area contributed by atoms with Gasteiger partial charge in [-0.15, -0.1) is 0 Å². The predicted molar refractivity (Wildman–Crippen MR) is 98.9 cm³/mol. The van der Waals surface area contributed by atoms with Gasteiger partial charge in [0.15, 0.2) is 5.78 Å². The van der Waals surface area contributed by atoms with Crippen molar-refractivity contribution in [1.29, 1.82) is 0 Å². The minimum absolute atomic E-state index is 0.0317. The monoisotopic (exact) mass is 354 g/mol. The Morgan fingerprint density at radius 2 is 1.54 bits per heavy atom. The molecule has 7 heteroatoms. The van der Waals surface area contributed by atoms with Crippen LogP contribution in [-0.4, -0.2) is 48.0 Å². The van der Waals surface area contributed by atoms with E-state index in [1.807, 2.05) is 13.8 Å². The van der Waals surface area contributed by atoms with E-state index in [1.165, 1.54) is 6.92 Å². The number of aryl methyl sites for hydroxylation is 2. The number of hydrogen-bond acceptors (Lipinski definition) is 6. The molecule has 1 aromatic heterocycles. The van der Waals surface area contributed by atoms with Crippen LogP contribution in [0.15, 0.2) is 24.3 Å². The maximum Gasteiger partial charge on any atom is 0.255 e. The van der Waals surface area contributed by atoms with Crippen molar-refractivity contribution in [3.05, 3.63) is 46.8 Å². The van der Waals surface area contributed by atoms with Gasteiger partial charge in [0.25, 0.3) is 5.91 Å². The van der Waals surface area contributed by atoms with Crippen LogP contribution in [0.1, 0.15) is 39.0 Å². The second kappa shape index (κ2) is 7.61. The van der Waals surface area contributed by atoms with Crippen molar-refractivity contribution >= 4 is 23.3 Å². The Bertz CT molecular complexity index is 804. The Labute approximate surface area is 152 Å². The topological polar surface area (TPSA) is 84.4 Å². The molecule has 0 atom stereocenters. The molecule has 0 saturated carbocycles. The largest absolute Gasteiger partial charge is 0.378 e. The summed E-state index contributed by atoms with van der Waals surface area (Å²) in [7, 11) is 0. The van der Waals surface area contributed by atoms with E-state index in [2.05, 4.69) is 20.2 Å². The summed E-state index contributed by atoms with van der Waals surface area (Å²) in [4.78, 5) is 35.0. The van der Waals surface area contributed by atoms with E-state index < -0.39 is 0 Å². The molecule has 0 radical (unpaired) electrons. The van der Waals surface area contributed by atoms with E-state index in [9.17, 15) is 9.59 Å². The molecule has 0 spiro atoms. The molecule has 0 bridgehead atoms. The van der Waals surface area contributed by atoms with Crippen molar-refractivity contribution in [3.8, 4) is 0 Å². The number of ether oxygens (including phenoxy) is 1. The number of ketones is 1. The fourth-order valence-corrected chi connectivity index (χ4v) is 2.83. The van der Waals surface area contributed by atoms with Crippen LogP contribution < -0.4 is 10.2 Å². The highest BCUT2D eigenvalue weighted by molar-refractivity contribution is 6.05. The Balaban J connectivity index is 1.78. The molecule has 0 aliphatic carbocycles. The average molecular weight is 354 g/mol. The number of carbonyl (C=O) groups excluding carboxylic acids is 2. The Morgan fingerprint density at radius 3 is 2.08 bits per heavy atom. The summed E-state index contributed by atoms with van der Waals surface area (Å²) in [6.07, 6.45) is 0. The lowest BCUT2D eigenvalue weighted by Crippen LogP contribution is -2.37. The van der Waals surface area contributed by atoms with Crippen molar-refractivity contribution in [2.75, 3.05) is 36.5 Å².